The summed E-state index contributed by atoms with van der Waals surface area (Å²) in [4.78, 5) is 0. The van der Waals surface area contributed by atoms with Crippen LogP contribution in [0.4, 0.5) is 0 Å². The van der Waals surface area contributed by atoms with Gasteiger partial charge in [0.25, 0.3) is 0 Å². The number of hydrogen-bond acceptors (Lipinski definition) is 2. The summed E-state index contributed by atoms with van der Waals surface area (Å²) in [7, 11) is -0.102. The Hall–Kier alpha value is -0.275. The molecule has 0 radical (unpaired) electrons. The summed E-state index contributed by atoms with van der Waals surface area (Å²) in [5.41, 5.74) is 0.975. The van der Waals surface area contributed by atoms with E-state index in [0.29, 0.717) is 0 Å². The highest BCUT2D eigenvalue weighted by Crippen LogP contribution is 2.45. The second kappa shape index (κ2) is 4.11. The van der Waals surface area contributed by atoms with Gasteiger partial charge in [-0.2, -0.15) is 0 Å². The highest BCUT2D eigenvalue weighted by atomic mass is 16.7. The minimum absolute atomic E-state index is 0.102. The lowest BCUT2D eigenvalue weighted by molar-refractivity contribution is 0.00578. The molecule has 0 aromatic heterocycles. The minimum Gasteiger partial charge on any atom is -0.400 e. The maximum atomic E-state index is 6.12. The molecule has 0 aromatic carbocycles. The molecule has 2 nitrogen and oxygen atoms in total. The second-order valence-corrected chi connectivity index (χ2v) is 7.24. The van der Waals surface area contributed by atoms with Crippen molar-refractivity contribution in [1.82, 2.24) is 0 Å². The quantitative estimate of drug-likeness (QED) is 0.693. The Balaban J connectivity index is 1.66. The van der Waals surface area contributed by atoms with Gasteiger partial charge in [-0.05, 0) is 77.1 Å². The third-order valence-electron chi connectivity index (χ3n) is 5.33. The highest BCUT2D eigenvalue weighted by Gasteiger charge is 2.52. The fourth-order valence-corrected chi connectivity index (χ4v) is 3.08. The molecule has 3 rings (SSSR count). The first-order valence-electron chi connectivity index (χ1n) is 7.44. The van der Waals surface area contributed by atoms with Crippen molar-refractivity contribution in [3.05, 3.63) is 11.5 Å². The molecular weight excluding hydrogens is 223 g/mol. The molecule has 18 heavy (non-hydrogen) atoms. The summed E-state index contributed by atoms with van der Waals surface area (Å²) in [6.07, 6.45) is 9.06. The lowest BCUT2D eigenvalue weighted by Crippen LogP contribution is -2.41. The average molecular weight is 248 g/mol. The number of hydrogen-bond donors (Lipinski definition) is 0. The first-order chi connectivity index (χ1) is 8.39. The first-order valence-corrected chi connectivity index (χ1v) is 7.44. The molecule has 0 spiro atoms. The van der Waals surface area contributed by atoms with Crippen LogP contribution in [-0.2, 0) is 9.31 Å². The van der Waals surface area contributed by atoms with Crippen LogP contribution >= 0.6 is 0 Å². The van der Waals surface area contributed by atoms with Gasteiger partial charge in [0.05, 0.1) is 11.2 Å². The van der Waals surface area contributed by atoms with Crippen LogP contribution in [0.25, 0.3) is 0 Å². The molecule has 3 aliphatic rings. The summed E-state index contributed by atoms with van der Waals surface area (Å²) in [5.74, 6) is 1.97. The fraction of sp³-hybridized carbons (Fsp3) is 0.867. The van der Waals surface area contributed by atoms with E-state index in [2.05, 4.69) is 33.8 Å². The van der Waals surface area contributed by atoms with Crippen molar-refractivity contribution in [3.8, 4) is 0 Å². The Morgan fingerprint density at radius 1 is 1.00 bits per heavy atom. The van der Waals surface area contributed by atoms with Crippen LogP contribution in [0.15, 0.2) is 11.5 Å². The van der Waals surface area contributed by atoms with Crippen LogP contribution in [0.2, 0.25) is 0 Å². The third-order valence-corrected chi connectivity index (χ3v) is 5.33. The molecule has 0 N–H and O–H groups in total. The summed E-state index contributed by atoms with van der Waals surface area (Å²) < 4.78 is 12.2. The third kappa shape index (κ3) is 2.16. The van der Waals surface area contributed by atoms with Gasteiger partial charge >= 0.3 is 7.12 Å². The Morgan fingerprint density at radius 2 is 1.61 bits per heavy atom. The second-order valence-electron chi connectivity index (χ2n) is 7.24. The minimum atomic E-state index is -0.203. The van der Waals surface area contributed by atoms with Gasteiger partial charge in [-0.1, -0.05) is 6.08 Å². The summed E-state index contributed by atoms with van der Waals surface area (Å²) >= 11 is 0. The van der Waals surface area contributed by atoms with Crippen molar-refractivity contribution in [2.75, 3.05) is 0 Å². The van der Waals surface area contributed by atoms with E-state index in [1.807, 2.05) is 0 Å². The maximum Gasteiger partial charge on any atom is 0.490 e. The predicted octanol–water partition coefficient (Wildman–Crippen LogP) is 3.75. The molecule has 1 unspecified atom stereocenters. The Kier molecular flexibility index (Phi) is 2.91. The van der Waals surface area contributed by atoms with Crippen molar-refractivity contribution in [1.29, 1.82) is 0 Å². The van der Waals surface area contributed by atoms with Gasteiger partial charge in [0.15, 0.2) is 0 Å². The van der Waals surface area contributed by atoms with Gasteiger partial charge in [-0.3, -0.25) is 0 Å². The van der Waals surface area contributed by atoms with Crippen LogP contribution in [0.1, 0.15) is 59.8 Å². The number of allylic oxidation sites excluding steroid dienone is 2. The molecule has 2 aliphatic carbocycles. The summed E-state index contributed by atoms with van der Waals surface area (Å²) in [6, 6.07) is 0. The number of rotatable bonds is 2. The van der Waals surface area contributed by atoms with Crippen LogP contribution in [0.3, 0.4) is 0 Å². The molecule has 1 saturated carbocycles. The lowest BCUT2D eigenvalue weighted by atomic mass is 9.70. The summed E-state index contributed by atoms with van der Waals surface area (Å²) in [6.45, 7) is 8.51. The Bertz CT molecular complexity index is 353. The van der Waals surface area contributed by atoms with Gasteiger partial charge < -0.3 is 9.31 Å². The molecular formula is C15H25BO2. The van der Waals surface area contributed by atoms with Gasteiger partial charge in [-0.15, -0.1) is 0 Å². The van der Waals surface area contributed by atoms with E-state index in [1.54, 1.807) is 0 Å². The van der Waals surface area contributed by atoms with Crippen LogP contribution in [-0.4, -0.2) is 18.3 Å². The van der Waals surface area contributed by atoms with Crippen LogP contribution < -0.4 is 0 Å². The molecule has 1 atom stereocenters. The van der Waals surface area contributed by atoms with Crippen molar-refractivity contribution in [3.63, 3.8) is 0 Å². The molecule has 0 aromatic rings. The van der Waals surface area contributed by atoms with Gasteiger partial charge in [0.1, 0.15) is 0 Å². The van der Waals surface area contributed by atoms with E-state index < -0.39 is 0 Å². The van der Waals surface area contributed by atoms with E-state index in [9.17, 15) is 0 Å². The SMILES string of the molecule is CC1(C)OB(C2=CCC(C3CC3)CC2)OC1(C)C. The van der Waals surface area contributed by atoms with E-state index in [1.165, 1.54) is 31.2 Å². The van der Waals surface area contributed by atoms with E-state index >= 15 is 0 Å². The maximum absolute atomic E-state index is 6.12. The zero-order valence-corrected chi connectivity index (χ0v) is 12.2. The van der Waals surface area contributed by atoms with E-state index in [0.717, 1.165) is 18.3 Å². The summed E-state index contributed by atoms with van der Waals surface area (Å²) in [5, 5.41) is 0. The van der Waals surface area contributed by atoms with Crippen molar-refractivity contribution < 1.29 is 9.31 Å². The van der Waals surface area contributed by atoms with Crippen LogP contribution in [0, 0.1) is 11.8 Å². The molecule has 3 heteroatoms. The molecule has 1 heterocycles. The fourth-order valence-electron chi connectivity index (χ4n) is 3.08. The monoisotopic (exact) mass is 248 g/mol. The first kappa shape index (κ1) is 12.7. The zero-order chi connectivity index (χ0) is 13.0. The molecule has 2 fully saturated rings. The van der Waals surface area contributed by atoms with Crippen molar-refractivity contribution in [2.24, 2.45) is 11.8 Å². The molecule has 1 aliphatic heterocycles. The van der Waals surface area contributed by atoms with E-state index in [-0.39, 0.29) is 18.3 Å². The standard InChI is InChI=1S/C15H25BO2/c1-14(2)15(3,4)18-16(17-14)13-9-7-12(8-10-13)11-5-6-11/h9,11-12H,5-8,10H2,1-4H3. The van der Waals surface area contributed by atoms with E-state index in [4.69, 9.17) is 9.31 Å². The van der Waals surface area contributed by atoms with Gasteiger partial charge in [0, 0.05) is 0 Å². The van der Waals surface area contributed by atoms with Crippen molar-refractivity contribution in [2.45, 2.75) is 71.0 Å². The molecule has 0 amide bonds. The predicted molar refractivity (Wildman–Crippen MR) is 74.2 cm³/mol. The normalized spacial score (nSPS) is 34.6. The van der Waals surface area contributed by atoms with Gasteiger partial charge in [-0.25, -0.2) is 0 Å². The van der Waals surface area contributed by atoms with Crippen LogP contribution in [0.5, 0.6) is 0 Å². The van der Waals surface area contributed by atoms with Crippen molar-refractivity contribution >= 4 is 7.12 Å². The molecule has 1 saturated heterocycles. The zero-order valence-electron chi connectivity index (χ0n) is 12.2. The lowest BCUT2D eigenvalue weighted by Gasteiger charge is -2.32. The Labute approximate surface area is 111 Å². The Morgan fingerprint density at radius 3 is 2.06 bits per heavy atom. The smallest absolute Gasteiger partial charge is 0.400 e. The topological polar surface area (TPSA) is 18.5 Å². The largest absolute Gasteiger partial charge is 0.490 e. The molecule has 100 valence electrons. The van der Waals surface area contributed by atoms with Gasteiger partial charge in [0.2, 0.25) is 0 Å². The average Bonchev–Trinajstić information content (AvgIpc) is 3.08. The highest BCUT2D eigenvalue weighted by molar-refractivity contribution is 6.54. The molecule has 0 bridgehead atoms.